The molecular formula is C34H35Cl3N4O3S. The van der Waals surface area contributed by atoms with E-state index in [1.165, 1.54) is 11.3 Å². The molecule has 5 rings (SSSR count). The Labute approximate surface area is 282 Å². The molecule has 4 aromatic rings. The van der Waals surface area contributed by atoms with Gasteiger partial charge in [-0.1, -0.05) is 65.1 Å². The van der Waals surface area contributed by atoms with Crippen LogP contribution in [0, 0.1) is 11.3 Å². The summed E-state index contributed by atoms with van der Waals surface area (Å²) >= 11 is 20.3. The SMILES string of the molecule is CN(C[C@@H](CCN1CCN([C@@H](c2ccc(Cl)s2)[C@H](O)CO)CC1)c1ccc(Cl)c(Cl)c1)C(=O)c1cc(C#N)cc2ccccc12. The number of carbonyl (C=O) groups excluding carboxylic acids is 1. The van der Waals surface area contributed by atoms with E-state index in [0.29, 0.717) is 32.1 Å². The normalized spacial score (nSPS) is 16.3. The summed E-state index contributed by atoms with van der Waals surface area (Å²) in [6.45, 7) is 3.98. The molecule has 1 aromatic heterocycles. The van der Waals surface area contributed by atoms with E-state index < -0.39 is 6.10 Å². The van der Waals surface area contributed by atoms with E-state index in [-0.39, 0.29) is 24.5 Å². The zero-order valence-electron chi connectivity index (χ0n) is 24.9. The third kappa shape index (κ3) is 7.99. The number of fused-ring (bicyclic) bond motifs is 1. The molecule has 1 aliphatic rings. The van der Waals surface area contributed by atoms with Crippen LogP contribution in [-0.4, -0.2) is 89.8 Å². The van der Waals surface area contributed by atoms with Crippen LogP contribution in [0.4, 0.5) is 0 Å². The lowest BCUT2D eigenvalue weighted by atomic mass is 9.94. The van der Waals surface area contributed by atoms with Crippen molar-refractivity contribution in [2.75, 3.05) is 52.9 Å². The molecule has 0 spiro atoms. The van der Waals surface area contributed by atoms with Gasteiger partial charge < -0.3 is 20.0 Å². The Morgan fingerprint density at radius 3 is 2.44 bits per heavy atom. The fourth-order valence-electron chi connectivity index (χ4n) is 6.10. The molecule has 3 atom stereocenters. The van der Waals surface area contributed by atoms with Crippen LogP contribution in [-0.2, 0) is 0 Å². The van der Waals surface area contributed by atoms with E-state index in [4.69, 9.17) is 34.8 Å². The molecule has 0 saturated carbocycles. The predicted octanol–water partition coefficient (Wildman–Crippen LogP) is 6.69. The zero-order chi connectivity index (χ0) is 32.1. The Bertz CT molecular complexity index is 1680. The molecule has 1 amide bonds. The summed E-state index contributed by atoms with van der Waals surface area (Å²) in [6.07, 6.45) is -0.123. The number of benzene rings is 3. The maximum atomic E-state index is 13.8. The van der Waals surface area contributed by atoms with Crippen molar-refractivity contribution >= 4 is 62.8 Å². The van der Waals surface area contributed by atoms with Crippen LogP contribution in [0.15, 0.2) is 66.7 Å². The molecule has 3 aromatic carbocycles. The van der Waals surface area contributed by atoms with E-state index in [1.807, 2.05) is 48.5 Å². The molecule has 0 bridgehead atoms. The van der Waals surface area contributed by atoms with Crippen molar-refractivity contribution in [2.24, 2.45) is 0 Å². The van der Waals surface area contributed by atoms with Crippen molar-refractivity contribution in [3.05, 3.63) is 103 Å². The molecule has 0 radical (unpaired) electrons. The molecule has 2 N–H and O–H groups in total. The number of hydrogen-bond acceptors (Lipinski definition) is 7. The summed E-state index contributed by atoms with van der Waals surface area (Å²) < 4.78 is 0.654. The highest BCUT2D eigenvalue weighted by Crippen LogP contribution is 2.34. The molecule has 45 heavy (non-hydrogen) atoms. The molecule has 236 valence electrons. The van der Waals surface area contributed by atoms with Gasteiger partial charge in [-0.3, -0.25) is 9.69 Å². The molecule has 1 saturated heterocycles. The Hall–Kier alpha value is -2.71. The molecule has 1 fully saturated rings. The largest absolute Gasteiger partial charge is 0.394 e. The summed E-state index contributed by atoms with van der Waals surface area (Å²) in [5.74, 6) is -0.168. The van der Waals surface area contributed by atoms with Crippen LogP contribution in [0.1, 0.15) is 44.7 Å². The zero-order valence-corrected chi connectivity index (χ0v) is 28.0. The standard InChI is InChI=1S/C34H35Cl3N4O3S/c1-39(34(44)27-17-22(19-38)16-24-4-2-3-5-26(24)27)20-25(23-6-7-28(35)29(36)18-23)10-11-40-12-14-41(15-13-40)33(30(43)21-42)31-8-9-32(37)45-31/h2-9,16-18,25,30,33,42-43H,10-15,20-21H2,1H3/t25-,30-,33-/m1/s1. The number of likely N-dealkylation sites (N-methyl/N-ethyl adjacent to an activating group) is 1. The average Bonchev–Trinajstić information content (AvgIpc) is 3.49. The number of carbonyl (C=O) groups is 1. The summed E-state index contributed by atoms with van der Waals surface area (Å²) in [7, 11) is 1.79. The fraction of sp³-hybridized carbons (Fsp3) is 0.353. The molecular weight excluding hydrogens is 651 g/mol. The van der Waals surface area contributed by atoms with Gasteiger partial charge in [-0.25, -0.2) is 0 Å². The monoisotopic (exact) mass is 684 g/mol. The van der Waals surface area contributed by atoms with E-state index in [1.54, 1.807) is 30.1 Å². The highest BCUT2D eigenvalue weighted by molar-refractivity contribution is 7.16. The van der Waals surface area contributed by atoms with E-state index in [2.05, 4.69) is 15.9 Å². The van der Waals surface area contributed by atoms with Gasteiger partial charge in [-0.05, 0) is 65.7 Å². The Balaban J connectivity index is 1.29. The van der Waals surface area contributed by atoms with Crippen molar-refractivity contribution in [3.8, 4) is 6.07 Å². The number of nitrogens with zero attached hydrogens (tertiary/aromatic N) is 4. The first-order valence-corrected chi connectivity index (χ1v) is 16.8. The van der Waals surface area contributed by atoms with Gasteiger partial charge in [0.05, 0.1) is 44.8 Å². The summed E-state index contributed by atoms with van der Waals surface area (Å²) in [5.41, 5.74) is 1.95. The van der Waals surface area contributed by atoms with Crippen molar-refractivity contribution in [1.82, 2.24) is 14.7 Å². The number of piperazine rings is 1. The maximum Gasteiger partial charge on any atom is 0.254 e. The molecule has 0 unspecified atom stereocenters. The van der Waals surface area contributed by atoms with E-state index in [0.717, 1.165) is 60.4 Å². The number of rotatable bonds is 11. The Morgan fingerprint density at radius 1 is 1.02 bits per heavy atom. The Morgan fingerprint density at radius 2 is 1.78 bits per heavy atom. The van der Waals surface area contributed by atoms with Gasteiger partial charge in [-0.15, -0.1) is 11.3 Å². The molecule has 7 nitrogen and oxygen atoms in total. The average molecular weight is 686 g/mol. The second kappa shape index (κ2) is 15.3. The molecule has 1 aliphatic heterocycles. The molecule has 2 heterocycles. The first kappa shape index (κ1) is 33.6. The lowest BCUT2D eigenvalue weighted by Gasteiger charge is -2.40. The molecule has 0 aliphatic carbocycles. The first-order valence-electron chi connectivity index (χ1n) is 14.8. The minimum Gasteiger partial charge on any atom is -0.394 e. The van der Waals surface area contributed by atoms with E-state index in [9.17, 15) is 20.3 Å². The summed E-state index contributed by atoms with van der Waals surface area (Å²) in [6, 6.07) is 22.3. The van der Waals surface area contributed by atoms with Crippen LogP contribution in [0.25, 0.3) is 10.8 Å². The van der Waals surface area contributed by atoms with Gasteiger partial charge in [0.1, 0.15) is 0 Å². The third-order valence-corrected chi connectivity index (χ3v) is 10.5. The van der Waals surface area contributed by atoms with Gasteiger partial charge in [0.25, 0.3) is 5.91 Å². The smallest absolute Gasteiger partial charge is 0.254 e. The van der Waals surface area contributed by atoms with Gasteiger partial charge in [-0.2, -0.15) is 5.26 Å². The predicted molar refractivity (Wildman–Crippen MR) is 183 cm³/mol. The van der Waals surface area contributed by atoms with Gasteiger partial charge in [0, 0.05) is 56.1 Å². The minimum atomic E-state index is -0.899. The molecule has 11 heteroatoms. The van der Waals surface area contributed by atoms with Gasteiger partial charge in [0.2, 0.25) is 0 Å². The number of amides is 1. The van der Waals surface area contributed by atoms with Crippen LogP contribution >= 0.6 is 46.1 Å². The second-order valence-corrected chi connectivity index (χ2v) is 14.0. The minimum absolute atomic E-state index is 0.0191. The lowest BCUT2D eigenvalue weighted by Crippen LogP contribution is -2.50. The van der Waals surface area contributed by atoms with E-state index >= 15 is 0 Å². The van der Waals surface area contributed by atoms with Crippen LogP contribution in [0.2, 0.25) is 14.4 Å². The van der Waals surface area contributed by atoms with Crippen molar-refractivity contribution in [2.45, 2.75) is 24.5 Å². The van der Waals surface area contributed by atoms with Crippen LogP contribution in [0.3, 0.4) is 0 Å². The number of hydrogen-bond donors (Lipinski definition) is 2. The number of nitriles is 1. The maximum absolute atomic E-state index is 13.8. The lowest BCUT2D eigenvalue weighted by molar-refractivity contribution is -0.00844. The quantitative estimate of drug-likeness (QED) is 0.183. The summed E-state index contributed by atoms with van der Waals surface area (Å²) in [4.78, 5) is 21.1. The van der Waals surface area contributed by atoms with Crippen molar-refractivity contribution in [3.63, 3.8) is 0 Å². The fourth-order valence-corrected chi connectivity index (χ4v) is 7.67. The number of aliphatic hydroxyl groups is 2. The Kier molecular flexibility index (Phi) is 11.4. The van der Waals surface area contributed by atoms with Gasteiger partial charge in [0.15, 0.2) is 0 Å². The number of aliphatic hydroxyl groups excluding tert-OH is 2. The van der Waals surface area contributed by atoms with Crippen LogP contribution < -0.4 is 0 Å². The highest BCUT2D eigenvalue weighted by atomic mass is 35.5. The van der Waals surface area contributed by atoms with Crippen molar-refractivity contribution in [1.29, 1.82) is 5.26 Å². The number of thiophene rings is 1. The highest BCUT2D eigenvalue weighted by Gasteiger charge is 2.32. The topological polar surface area (TPSA) is 91.0 Å². The summed E-state index contributed by atoms with van der Waals surface area (Å²) in [5, 5.41) is 32.6. The van der Waals surface area contributed by atoms with Crippen LogP contribution in [0.5, 0.6) is 0 Å². The number of halogens is 3. The third-order valence-electron chi connectivity index (χ3n) is 8.51. The first-order chi connectivity index (χ1) is 21.7. The van der Waals surface area contributed by atoms with Gasteiger partial charge >= 0.3 is 0 Å². The second-order valence-electron chi connectivity index (χ2n) is 11.4. The van der Waals surface area contributed by atoms with Crippen molar-refractivity contribution < 1.29 is 15.0 Å².